The summed E-state index contributed by atoms with van der Waals surface area (Å²) in [6.07, 6.45) is -9.13. The number of sulfonamides is 1. The minimum atomic E-state index is -5.06. The van der Waals surface area contributed by atoms with Crippen molar-refractivity contribution in [3.8, 4) is 0 Å². The van der Waals surface area contributed by atoms with E-state index in [0.717, 1.165) is 0 Å². The molecule has 0 aromatic heterocycles. The molecule has 258 valence electrons. The number of nitrogens with zero attached hydrogens (tertiary/aromatic N) is 2. The molecule has 1 saturated heterocycles. The first-order chi connectivity index (χ1) is 22.3. The van der Waals surface area contributed by atoms with Gasteiger partial charge in [0.15, 0.2) is 0 Å². The Labute approximate surface area is 272 Å². The van der Waals surface area contributed by atoms with Gasteiger partial charge in [-0.15, -0.1) is 0 Å². The molecule has 1 saturated carbocycles. The lowest BCUT2D eigenvalue weighted by Gasteiger charge is -2.40. The first-order valence-corrected chi connectivity index (χ1v) is 16.5. The summed E-state index contributed by atoms with van der Waals surface area (Å²) in [5.74, 6) is -3.15. The van der Waals surface area contributed by atoms with Crippen molar-refractivity contribution in [2.45, 2.75) is 68.9 Å². The number of benzene rings is 3. The maximum absolute atomic E-state index is 14.3. The molecule has 1 heterocycles. The van der Waals surface area contributed by atoms with E-state index in [-0.39, 0.29) is 41.9 Å². The second kappa shape index (κ2) is 13.1. The number of piperidine rings is 1. The van der Waals surface area contributed by atoms with Crippen molar-refractivity contribution in [1.82, 2.24) is 9.21 Å². The van der Waals surface area contributed by atoms with Gasteiger partial charge in [0, 0.05) is 50.1 Å². The summed E-state index contributed by atoms with van der Waals surface area (Å²) in [6, 6.07) is 10.2. The summed E-state index contributed by atoms with van der Waals surface area (Å²) >= 11 is 0. The third-order valence-electron chi connectivity index (χ3n) is 8.61. The van der Waals surface area contributed by atoms with Crippen LogP contribution in [0, 0.1) is 18.7 Å². The van der Waals surface area contributed by atoms with Crippen molar-refractivity contribution in [2.24, 2.45) is 5.92 Å². The van der Waals surface area contributed by atoms with Gasteiger partial charge in [-0.25, -0.2) is 12.8 Å². The summed E-state index contributed by atoms with van der Waals surface area (Å²) in [7, 11) is -4.12. The molecule has 1 aliphatic heterocycles. The van der Waals surface area contributed by atoms with Gasteiger partial charge in [-0.2, -0.15) is 30.6 Å². The van der Waals surface area contributed by atoms with Gasteiger partial charge in [-0.05, 0) is 97.5 Å². The van der Waals surface area contributed by atoms with E-state index in [1.165, 1.54) is 58.6 Å². The van der Waals surface area contributed by atoms with Crippen LogP contribution >= 0.6 is 0 Å². The van der Waals surface area contributed by atoms with Crippen molar-refractivity contribution in [3.63, 3.8) is 0 Å². The van der Waals surface area contributed by atoms with Crippen molar-refractivity contribution in [1.29, 1.82) is 0 Å². The quantitative estimate of drug-likeness (QED) is 0.254. The molecule has 48 heavy (non-hydrogen) atoms. The van der Waals surface area contributed by atoms with Gasteiger partial charge in [0.25, 0.3) is 0 Å². The SMILES string of the molecule is CC(=O)Nc1ccc(S(=O)(=O)N2CC[C@@H](C(=O)N(Cc3cc(C(F)(F)F)cc(C(F)(F)F)c3)C3CC3)[C@H](c3ccc(F)cc3C)C2)cc1. The molecule has 2 aliphatic rings. The average molecular weight is 700 g/mol. The minimum Gasteiger partial charge on any atom is -0.335 e. The summed E-state index contributed by atoms with van der Waals surface area (Å²) in [6.45, 7) is 2.10. The maximum Gasteiger partial charge on any atom is 0.416 e. The monoisotopic (exact) mass is 699 g/mol. The highest BCUT2D eigenvalue weighted by Crippen LogP contribution is 2.41. The Hall–Kier alpha value is -3.98. The number of anilines is 1. The molecule has 2 fully saturated rings. The minimum absolute atomic E-state index is 0.0108. The predicted molar refractivity (Wildman–Crippen MR) is 162 cm³/mol. The summed E-state index contributed by atoms with van der Waals surface area (Å²) < 4.78 is 124. The highest BCUT2D eigenvalue weighted by molar-refractivity contribution is 7.89. The Morgan fingerprint density at radius 2 is 1.50 bits per heavy atom. The van der Waals surface area contributed by atoms with E-state index < -0.39 is 69.6 Å². The van der Waals surface area contributed by atoms with Crippen LogP contribution in [-0.4, -0.2) is 48.6 Å². The Morgan fingerprint density at radius 1 is 0.896 bits per heavy atom. The molecule has 15 heteroatoms. The number of carbonyl (C=O) groups excluding carboxylic acids is 2. The molecular formula is C33H32F7N3O4S. The van der Waals surface area contributed by atoms with E-state index in [9.17, 15) is 48.7 Å². The molecule has 7 nitrogen and oxygen atoms in total. The number of amides is 2. The second-order valence-corrected chi connectivity index (χ2v) is 14.1. The number of hydrogen-bond donors (Lipinski definition) is 1. The lowest BCUT2D eigenvalue weighted by atomic mass is 9.79. The fourth-order valence-electron chi connectivity index (χ4n) is 6.16. The Kier molecular flexibility index (Phi) is 9.67. The Bertz CT molecular complexity index is 1770. The number of hydrogen-bond acceptors (Lipinski definition) is 4. The number of nitrogens with one attached hydrogen (secondary N) is 1. The Morgan fingerprint density at radius 3 is 2.02 bits per heavy atom. The van der Waals surface area contributed by atoms with Crippen molar-refractivity contribution < 1.29 is 48.7 Å². The number of alkyl halides is 6. The standard InChI is InChI=1S/C33H32F7N3O4S/c1-19-13-24(34)3-10-28(19)30-18-42(48(46,47)27-8-4-25(5-9-27)41-20(2)44)12-11-29(30)31(45)43(26-6-7-26)17-21-14-22(32(35,36)37)16-23(15-21)33(38,39)40/h3-5,8-10,13-16,26,29-30H,6-7,11-12,17-18H2,1-2H3,(H,41,44)/t29-,30+/m1/s1. The first kappa shape index (κ1) is 35.3. The topological polar surface area (TPSA) is 86.8 Å². The average Bonchev–Trinajstić information content (AvgIpc) is 3.84. The van der Waals surface area contributed by atoms with E-state index in [1.54, 1.807) is 6.92 Å². The van der Waals surface area contributed by atoms with E-state index in [0.29, 0.717) is 41.8 Å². The highest BCUT2D eigenvalue weighted by Gasteiger charge is 2.45. The lowest BCUT2D eigenvalue weighted by Crippen LogP contribution is -2.48. The second-order valence-electron chi connectivity index (χ2n) is 12.2. The van der Waals surface area contributed by atoms with Crippen LogP contribution in [0.25, 0.3) is 0 Å². The Balaban J connectivity index is 1.48. The van der Waals surface area contributed by atoms with Crippen LogP contribution < -0.4 is 5.32 Å². The zero-order valence-electron chi connectivity index (χ0n) is 25.8. The number of rotatable bonds is 8. The van der Waals surface area contributed by atoms with E-state index in [1.807, 2.05) is 0 Å². The molecule has 3 aromatic carbocycles. The molecule has 2 amide bonds. The van der Waals surface area contributed by atoms with Gasteiger partial charge in [0.05, 0.1) is 16.0 Å². The molecule has 0 unspecified atom stereocenters. The van der Waals surface area contributed by atoms with Gasteiger partial charge in [-0.1, -0.05) is 6.07 Å². The van der Waals surface area contributed by atoms with Gasteiger partial charge < -0.3 is 10.2 Å². The first-order valence-electron chi connectivity index (χ1n) is 15.1. The number of halogens is 7. The fourth-order valence-corrected chi connectivity index (χ4v) is 7.64. The van der Waals surface area contributed by atoms with Crippen LogP contribution in [0.15, 0.2) is 65.6 Å². The zero-order chi connectivity index (χ0) is 35.2. The van der Waals surface area contributed by atoms with Crippen LogP contribution in [0.1, 0.15) is 59.9 Å². The van der Waals surface area contributed by atoms with Crippen molar-refractivity contribution in [3.05, 3.63) is 94.3 Å². The number of carbonyl (C=O) groups is 2. The molecular weight excluding hydrogens is 667 g/mol. The van der Waals surface area contributed by atoms with Gasteiger partial charge in [-0.3, -0.25) is 9.59 Å². The van der Waals surface area contributed by atoms with E-state index in [2.05, 4.69) is 5.32 Å². The number of aryl methyl sites for hydroxylation is 1. The molecule has 3 aromatic rings. The van der Waals surface area contributed by atoms with Gasteiger partial charge >= 0.3 is 12.4 Å². The van der Waals surface area contributed by atoms with Crippen LogP contribution in [0.5, 0.6) is 0 Å². The van der Waals surface area contributed by atoms with E-state index in [4.69, 9.17) is 0 Å². The normalized spacial score (nSPS) is 19.2. The molecule has 0 bridgehead atoms. The molecule has 0 radical (unpaired) electrons. The largest absolute Gasteiger partial charge is 0.416 e. The highest BCUT2D eigenvalue weighted by atomic mass is 32.2. The maximum atomic E-state index is 14.3. The van der Waals surface area contributed by atoms with Crippen LogP contribution in [-0.2, 0) is 38.5 Å². The molecule has 5 rings (SSSR count). The zero-order valence-corrected chi connectivity index (χ0v) is 26.6. The molecule has 1 aliphatic carbocycles. The summed E-state index contributed by atoms with van der Waals surface area (Å²) in [5.41, 5.74) is -1.99. The van der Waals surface area contributed by atoms with Gasteiger partial charge in [0.2, 0.25) is 21.8 Å². The van der Waals surface area contributed by atoms with Crippen molar-refractivity contribution >= 4 is 27.5 Å². The molecule has 2 atom stereocenters. The van der Waals surface area contributed by atoms with Crippen LogP contribution in [0.3, 0.4) is 0 Å². The molecule has 1 N–H and O–H groups in total. The predicted octanol–water partition coefficient (Wildman–Crippen LogP) is 7.12. The van der Waals surface area contributed by atoms with Crippen LogP contribution in [0.2, 0.25) is 0 Å². The van der Waals surface area contributed by atoms with Crippen molar-refractivity contribution in [2.75, 3.05) is 18.4 Å². The summed E-state index contributed by atoms with van der Waals surface area (Å²) in [4.78, 5) is 26.9. The van der Waals surface area contributed by atoms with E-state index >= 15 is 0 Å². The lowest BCUT2D eigenvalue weighted by molar-refractivity contribution is -0.143. The smallest absolute Gasteiger partial charge is 0.335 e. The van der Waals surface area contributed by atoms with Crippen LogP contribution in [0.4, 0.5) is 36.4 Å². The third kappa shape index (κ3) is 7.83. The fraction of sp³-hybridized carbons (Fsp3) is 0.394. The molecule has 0 spiro atoms. The van der Waals surface area contributed by atoms with Gasteiger partial charge in [0.1, 0.15) is 5.82 Å². The summed E-state index contributed by atoms with van der Waals surface area (Å²) in [5, 5.41) is 2.55. The third-order valence-corrected chi connectivity index (χ3v) is 10.5.